The highest BCUT2D eigenvalue weighted by Crippen LogP contribution is 2.26. The van der Waals surface area contributed by atoms with Crippen LogP contribution in [0, 0.1) is 22.7 Å². The van der Waals surface area contributed by atoms with Gasteiger partial charge in [-0.1, -0.05) is 27.7 Å². The fourth-order valence-corrected chi connectivity index (χ4v) is 2.22. The monoisotopic (exact) mass is 282 g/mol. The highest BCUT2D eigenvalue weighted by Gasteiger charge is 2.33. The molecule has 6 N–H and O–H groups in total. The fraction of sp³-hybridized carbons (Fsp3) is 0.857. The van der Waals surface area contributed by atoms with Gasteiger partial charge in [0.05, 0.1) is 0 Å². The minimum absolute atomic E-state index is 0.00889. The molecule has 0 aliphatic heterocycles. The average Bonchev–Trinajstić information content (AvgIpc) is 2.24. The maximum absolute atomic E-state index is 7.74. The lowest BCUT2D eigenvalue weighted by molar-refractivity contribution is 0.396. The SMILES string of the molecule is CC(C)CC(C)(N=NC(C)(CC(C)C)C(=N)N)C(=N)N. The van der Waals surface area contributed by atoms with Gasteiger partial charge in [0, 0.05) is 0 Å². The Balaban J connectivity index is 5.36. The first-order valence-corrected chi connectivity index (χ1v) is 7.06. The van der Waals surface area contributed by atoms with Gasteiger partial charge < -0.3 is 11.5 Å². The van der Waals surface area contributed by atoms with Gasteiger partial charge in [-0.15, -0.1) is 0 Å². The van der Waals surface area contributed by atoms with Crippen LogP contribution in [0.1, 0.15) is 54.4 Å². The predicted molar refractivity (Wildman–Crippen MR) is 84.4 cm³/mol. The first kappa shape index (κ1) is 18.5. The molecule has 0 spiro atoms. The molecule has 0 heterocycles. The van der Waals surface area contributed by atoms with E-state index in [1.807, 2.05) is 0 Å². The molecule has 0 bridgehead atoms. The lowest BCUT2D eigenvalue weighted by Gasteiger charge is -2.29. The first-order valence-electron chi connectivity index (χ1n) is 7.06. The summed E-state index contributed by atoms with van der Waals surface area (Å²) in [5, 5.41) is 24.1. The van der Waals surface area contributed by atoms with Gasteiger partial charge in [0.2, 0.25) is 0 Å². The standard InChI is InChI=1S/C14H30N6/c1-9(2)7-13(5,11(15)16)19-20-14(6,12(17)18)8-10(3)4/h9-10H,7-8H2,1-6H3,(H3,15,16)(H3,17,18). The summed E-state index contributed by atoms with van der Waals surface area (Å²) in [4.78, 5) is 0. The number of nitrogens with zero attached hydrogens (tertiary/aromatic N) is 2. The molecular weight excluding hydrogens is 252 g/mol. The van der Waals surface area contributed by atoms with Crippen molar-refractivity contribution in [2.24, 2.45) is 33.5 Å². The Bertz CT molecular complexity index is 351. The van der Waals surface area contributed by atoms with Crippen LogP contribution >= 0.6 is 0 Å². The van der Waals surface area contributed by atoms with Gasteiger partial charge in [-0.25, -0.2) is 0 Å². The number of rotatable bonds is 8. The molecule has 20 heavy (non-hydrogen) atoms. The third-order valence-corrected chi connectivity index (χ3v) is 3.26. The van der Waals surface area contributed by atoms with E-state index in [0.717, 1.165) is 0 Å². The third kappa shape index (κ3) is 5.27. The van der Waals surface area contributed by atoms with E-state index >= 15 is 0 Å². The van der Waals surface area contributed by atoms with Crippen molar-refractivity contribution in [3.05, 3.63) is 0 Å². The van der Waals surface area contributed by atoms with Crippen LogP contribution in [-0.2, 0) is 0 Å². The number of hydrogen-bond donors (Lipinski definition) is 4. The van der Waals surface area contributed by atoms with Gasteiger partial charge in [0.25, 0.3) is 0 Å². The topological polar surface area (TPSA) is 124 Å². The number of nitrogens with two attached hydrogens (primary N) is 2. The van der Waals surface area contributed by atoms with E-state index < -0.39 is 11.1 Å². The second-order valence-electron chi connectivity index (χ2n) is 6.77. The number of amidine groups is 2. The van der Waals surface area contributed by atoms with E-state index in [0.29, 0.717) is 24.7 Å². The molecule has 0 saturated carbocycles. The molecule has 116 valence electrons. The summed E-state index contributed by atoms with van der Waals surface area (Å²) in [5.41, 5.74) is 9.68. The molecule has 0 fully saturated rings. The molecule has 0 radical (unpaired) electrons. The van der Waals surface area contributed by atoms with Crippen molar-refractivity contribution in [1.29, 1.82) is 10.8 Å². The van der Waals surface area contributed by atoms with Crippen molar-refractivity contribution in [2.75, 3.05) is 0 Å². The molecule has 6 nitrogen and oxygen atoms in total. The van der Waals surface area contributed by atoms with E-state index in [2.05, 4.69) is 37.9 Å². The molecule has 0 aliphatic rings. The fourth-order valence-electron chi connectivity index (χ4n) is 2.22. The minimum atomic E-state index is -0.831. The van der Waals surface area contributed by atoms with Crippen LogP contribution < -0.4 is 11.5 Å². The van der Waals surface area contributed by atoms with Crippen molar-refractivity contribution >= 4 is 11.7 Å². The highest BCUT2D eigenvalue weighted by atomic mass is 15.2. The molecule has 0 saturated heterocycles. The summed E-state index contributed by atoms with van der Waals surface area (Å²) in [6.07, 6.45) is 1.28. The zero-order chi connectivity index (χ0) is 16.1. The lowest BCUT2D eigenvalue weighted by Crippen LogP contribution is -2.43. The Labute approximate surface area is 122 Å². The Hall–Kier alpha value is -1.46. The summed E-state index contributed by atoms with van der Waals surface area (Å²) >= 11 is 0. The van der Waals surface area contributed by atoms with Crippen molar-refractivity contribution in [3.63, 3.8) is 0 Å². The molecule has 0 amide bonds. The smallest absolute Gasteiger partial charge is 0.135 e. The normalized spacial score (nSPS) is 18.2. The molecule has 0 aromatic heterocycles. The second kappa shape index (κ2) is 6.81. The van der Waals surface area contributed by atoms with Gasteiger partial charge in [-0.05, 0) is 38.5 Å². The summed E-state index contributed by atoms with van der Waals surface area (Å²) in [6, 6.07) is 0. The Morgan fingerprint density at radius 2 is 1.10 bits per heavy atom. The highest BCUT2D eigenvalue weighted by molar-refractivity contribution is 5.88. The van der Waals surface area contributed by atoms with Crippen molar-refractivity contribution < 1.29 is 0 Å². The Morgan fingerprint density at radius 3 is 1.25 bits per heavy atom. The van der Waals surface area contributed by atoms with Gasteiger partial charge in [-0.2, -0.15) is 10.2 Å². The molecule has 2 unspecified atom stereocenters. The van der Waals surface area contributed by atoms with Crippen molar-refractivity contribution in [1.82, 2.24) is 0 Å². The second-order valence-corrected chi connectivity index (χ2v) is 6.77. The van der Waals surface area contributed by atoms with Crippen LogP contribution in [0.25, 0.3) is 0 Å². The molecule has 2 atom stereocenters. The van der Waals surface area contributed by atoms with Gasteiger partial charge >= 0.3 is 0 Å². The zero-order valence-corrected chi connectivity index (χ0v) is 13.6. The maximum atomic E-state index is 7.74. The Morgan fingerprint density at radius 1 is 0.850 bits per heavy atom. The van der Waals surface area contributed by atoms with Crippen LogP contribution in [0.3, 0.4) is 0 Å². The van der Waals surface area contributed by atoms with Gasteiger partial charge in [0.15, 0.2) is 0 Å². The summed E-state index contributed by atoms with van der Waals surface area (Å²) < 4.78 is 0. The summed E-state index contributed by atoms with van der Waals surface area (Å²) in [7, 11) is 0. The largest absolute Gasteiger partial charge is 0.386 e. The molecule has 0 aromatic rings. The van der Waals surface area contributed by atoms with Gasteiger partial charge in [0.1, 0.15) is 22.7 Å². The van der Waals surface area contributed by atoms with E-state index in [4.69, 9.17) is 22.3 Å². The van der Waals surface area contributed by atoms with Crippen LogP contribution in [0.2, 0.25) is 0 Å². The zero-order valence-electron chi connectivity index (χ0n) is 13.6. The first-order chi connectivity index (χ1) is 8.93. The quantitative estimate of drug-likeness (QED) is 0.310. The predicted octanol–water partition coefficient (Wildman–Crippen LogP) is 2.92. The maximum Gasteiger partial charge on any atom is 0.135 e. The van der Waals surface area contributed by atoms with Crippen LogP contribution in [0.15, 0.2) is 10.2 Å². The van der Waals surface area contributed by atoms with Crippen molar-refractivity contribution in [2.45, 2.75) is 65.5 Å². The van der Waals surface area contributed by atoms with Crippen LogP contribution in [0.4, 0.5) is 0 Å². The summed E-state index contributed by atoms with van der Waals surface area (Å²) in [6.45, 7) is 11.8. The van der Waals surface area contributed by atoms with Crippen molar-refractivity contribution in [3.8, 4) is 0 Å². The Kier molecular flexibility index (Phi) is 6.32. The molecular formula is C14H30N6. The van der Waals surface area contributed by atoms with Crippen LogP contribution in [-0.4, -0.2) is 22.7 Å². The third-order valence-electron chi connectivity index (χ3n) is 3.26. The molecule has 0 aliphatic carbocycles. The summed E-state index contributed by atoms with van der Waals surface area (Å²) in [5.74, 6) is 0.670. The van der Waals surface area contributed by atoms with E-state index in [9.17, 15) is 0 Å². The molecule has 6 heteroatoms. The number of azo groups is 1. The van der Waals surface area contributed by atoms with Gasteiger partial charge in [-0.3, -0.25) is 10.8 Å². The van der Waals surface area contributed by atoms with E-state index in [-0.39, 0.29) is 11.7 Å². The molecule has 0 rings (SSSR count). The number of nitrogens with one attached hydrogen (secondary N) is 2. The average molecular weight is 282 g/mol. The lowest BCUT2D eigenvalue weighted by atomic mass is 9.89. The van der Waals surface area contributed by atoms with E-state index in [1.165, 1.54) is 0 Å². The van der Waals surface area contributed by atoms with Crippen LogP contribution in [0.5, 0.6) is 0 Å². The number of hydrogen-bond acceptors (Lipinski definition) is 4. The van der Waals surface area contributed by atoms with E-state index in [1.54, 1.807) is 13.8 Å². The molecule has 0 aromatic carbocycles. The minimum Gasteiger partial charge on any atom is -0.386 e.